The zero-order valence-corrected chi connectivity index (χ0v) is 13.0. The van der Waals surface area contributed by atoms with Crippen LogP contribution in [-0.2, 0) is 0 Å². The molecule has 0 aliphatic heterocycles. The number of nitrogens with one attached hydrogen (secondary N) is 1. The molecule has 0 amide bonds. The topological polar surface area (TPSA) is 35.8 Å². The molecule has 0 aliphatic rings. The molecular formula is C14H13ClN2S2. The van der Waals surface area contributed by atoms with Crippen LogP contribution < -0.4 is 5.32 Å². The maximum Gasteiger partial charge on any atom is 0.102 e. The summed E-state index contributed by atoms with van der Waals surface area (Å²) in [6.07, 6.45) is 1.97. The van der Waals surface area contributed by atoms with Crippen molar-refractivity contribution in [2.75, 3.05) is 11.6 Å². The van der Waals surface area contributed by atoms with E-state index >= 15 is 0 Å². The van der Waals surface area contributed by atoms with Crippen LogP contribution in [0.1, 0.15) is 23.4 Å². The summed E-state index contributed by atoms with van der Waals surface area (Å²) in [6.45, 7) is 2.06. The van der Waals surface area contributed by atoms with Crippen LogP contribution in [0.15, 0.2) is 35.2 Å². The summed E-state index contributed by atoms with van der Waals surface area (Å²) >= 11 is 9.08. The lowest BCUT2D eigenvalue weighted by Gasteiger charge is -2.16. The van der Waals surface area contributed by atoms with Crippen LogP contribution >= 0.6 is 34.7 Å². The third kappa shape index (κ3) is 3.24. The summed E-state index contributed by atoms with van der Waals surface area (Å²) < 4.78 is 0.780. The first kappa shape index (κ1) is 14.3. The number of benzene rings is 1. The molecule has 2 rings (SSSR count). The molecule has 0 bridgehead atoms. The van der Waals surface area contributed by atoms with E-state index in [-0.39, 0.29) is 6.04 Å². The number of thioether (sulfide) groups is 1. The minimum absolute atomic E-state index is 0.127. The molecular weight excluding hydrogens is 296 g/mol. The van der Waals surface area contributed by atoms with Crippen molar-refractivity contribution in [3.8, 4) is 6.07 Å². The number of halogens is 1. The number of anilines is 1. The lowest BCUT2D eigenvalue weighted by molar-refractivity contribution is 0.906. The fourth-order valence-electron chi connectivity index (χ4n) is 1.80. The highest BCUT2D eigenvalue weighted by molar-refractivity contribution is 7.98. The Labute approximate surface area is 126 Å². The van der Waals surface area contributed by atoms with Gasteiger partial charge in [-0.15, -0.1) is 23.1 Å². The Morgan fingerprint density at radius 3 is 2.74 bits per heavy atom. The molecule has 0 aliphatic carbocycles. The fraction of sp³-hybridized carbons (Fsp3) is 0.214. The van der Waals surface area contributed by atoms with Crippen LogP contribution in [-0.4, -0.2) is 6.26 Å². The largest absolute Gasteiger partial charge is 0.377 e. The molecule has 0 saturated heterocycles. The summed E-state index contributed by atoms with van der Waals surface area (Å²) in [6, 6.07) is 12.2. The van der Waals surface area contributed by atoms with E-state index in [0.717, 1.165) is 19.8 Å². The van der Waals surface area contributed by atoms with Crippen molar-refractivity contribution >= 4 is 40.4 Å². The lowest BCUT2D eigenvalue weighted by atomic mass is 10.1. The van der Waals surface area contributed by atoms with Gasteiger partial charge in [0.15, 0.2) is 0 Å². The van der Waals surface area contributed by atoms with Crippen molar-refractivity contribution < 1.29 is 0 Å². The minimum Gasteiger partial charge on any atom is -0.377 e. The highest BCUT2D eigenvalue weighted by atomic mass is 35.5. The Kier molecular flexibility index (Phi) is 4.76. The van der Waals surface area contributed by atoms with Crippen LogP contribution in [0.2, 0.25) is 4.34 Å². The minimum atomic E-state index is 0.127. The van der Waals surface area contributed by atoms with Gasteiger partial charge in [-0.3, -0.25) is 0 Å². The fourth-order valence-corrected chi connectivity index (χ4v) is 3.44. The summed E-state index contributed by atoms with van der Waals surface area (Å²) in [5.74, 6) is 0. The average Bonchev–Trinajstić information content (AvgIpc) is 2.85. The van der Waals surface area contributed by atoms with Gasteiger partial charge in [-0.2, -0.15) is 5.26 Å². The van der Waals surface area contributed by atoms with E-state index in [4.69, 9.17) is 11.6 Å². The molecule has 0 spiro atoms. The van der Waals surface area contributed by atoms with Gasteiger partial charge in [0.1, 0.15) is 6.07 Å². The molecule has 1 heterocycles. The van der Waals surface area contributed by atoms with Gasteiger partial charge in [0.25, 0.3) is 0 Å². The van der Waals surface area contributed by atoms with Crippen molar-refractivity contribution in [2.24, 2.45) is 0 Å². The van der Waals surface area contributed by atoms with E-state index in [9.17, 15) is 5.26 Å². The highest BCUT2D eigenvalue weighted by Gasteiger charge is 2.12. The van der Waals surface area contributed by atoms with Crippen LogP contribution in [0.25, 0.3) is 0 Å². The van der Waals surface area contributed by atoms with Gasteiger partial charge in [0.05, 0.1) is 21.6 Å². The number of hydrogen-bond acceptors (Lipinski definition) is 4. The molecule has 1 atom stereocenters. The van der Waals surface area contributed by atoms with Crippen molar-refractivity contribution in [3.63, 3.8) is 0 Å². The second kappa shape index (κ2) is 6.33. The SMILES string of the molecule is CSc1cccc(NC(C)c2ccc(Cl)s2)c1C#N. The molecule has 2 nitrogen and oxygen atoms in total. The third-order valence-corrected chi connectivity index (χ3v) is 4.94. The average molecular weight is 309 g/mol. The van der Waals surface area contributed by atoms with Crippen molar-refractivity contribution in [3.05, 3.63) is 45.1 Å². The Hall–Kier alpha value is -1.15. The van der Waals surface area contributed by atoms with E-state index in [1.165, 1.54) is 0 Å². The Balaban J connectivity index is 2.26. The number of nitrogens with zero attached hydrogens (tertiary/aromatic N) is 1. The van der Waals surface area contributed by atoms with Crippen molar-refractivity contribution in [2.45, 2.75) is 17.9 Å². The van der Waals surface area contributed by atoms with Gasteiger partial charge >= 0.3 is 0 Å². The quantitative estimate of drug-likeness (QED) is 0.792. The van der Waals surface area contributed by atoms with Crippen LogP contribution in [0, 0.1) is 11.3 Å². The summed E-state index contributed by atoms with van der Waals surface area (Å²) in [4.78, 5) is 2.15. The van der Waals surface area contributed by atoms with E-state index < -0.39 is 0 Å². The van der Waals surface area contributed by atoms with Crippen molar-refractivity contribution in [1.82, 2.24) is 0 Å². The highest BCUT2D eigenvalue weighted by Crippen LogP contribution is 2.32. The lowest BCUT2D eigenvalue weighted by Crippen LogP contribution is -2.06. The molecule has 0 fully saturated rings. The van der Waals surface area contributed by atoms with E-state index in [2.05, 4.69) is 18.3 Å². The Morgan fingerprint density at radius 1 is 1.37 bits per heavy atom. The standard InChI is InChI=1S/C14H13ClN2S2/c1-9(12-6-7-14(15)19-12)17-11-4-3-5-13(18-2)10(11)8-16/h3-7,9,17H,1-2H3. The monoisotopic (exact) mass is 308 g/mol. The molecule has 1 unspecified atom stereocenters. The number of thiophene rings is 1. The van der Waals surface area contributed by atoms with Gasteiger partial charge in [-0.1, -0.05) is 17.7 Å². The van der Waals surface area contributed by atoms with E-state index in [0.29, 0.717) is 5.56 Å². The van der Waals surface area contributed by atoms with E-state index in [1.54, 1.807) is 23.1 Å². The molecule has 1 aromatic heterocycles. The maximum atomic E-state index is 9.30. The normalized spacial score (nSPS) is 11.9. The first-order chi connectivity index (χ1) is 9.15. The zero-order valence-electron chi connectivity index (χ0n) is 10.6. The Bertz CT molecular complexity index is 616. The Morgan fingerprint density at radius 2 is 2.16 bits per heavy atom. The molecule has 5 heteroatoms. The predicted octanol–water partition coefficient (Wildman–Crippen LogP) is 5.17. The number of hydrogen-bond donors (Lipinski definition) is 1. The molecule has 0 radical (unpaired) electrons. The van der Waals surface area contributed by atoms with Gasteiger partial charge in [-0.25, -0.2) is 0 Å². The number of rotatable bonds is 4. The second-order valence-corrected chi connectivity index (χ2v) is 6.60. The van der Waals surface area contributed by atoms with Gasteiger partial charge in [-0.05, 0) is 37.4 Å². The summed E-state index contributed by atoms with van der Waals surface area (Å²) in [5.41, 5.74) is 1.57. The second-order valence-electron chi connectivity index (χ2n) is 4.00. The summed E-state index contributed by atoms with van der Waals surface area (Å²) in [7, 11) is 0. The first-order valence-electron chi connectivity index (χ1n) is 5.74. The first-order valence-corrected chi connectivity index (χ1v) is 8.16. The van der Waals surface area contributed by atoms with Crippen LogP contribution in [0.3, 0.4) is 0 Å². The van der Waals surface area contributed by atoms with Gasteiger partial charge in [0, 0.05) is 9.77 Å². The molecule has 0 saturated carbocycles. The zero-order chi connectivity index (χ0) is 13.8. The smallest absolute Gasteiger partial charge is 0.102 e. The molecule has 1 N–H and O–H groups in total. The van der Waals surface area contributed by atoms with Gasteiger partial charge < -0.3 is 5.32 Å². The number of nitriles is 1. The van der Waals surface area contributed by atoms with E-state index in [1.807, 2.05) is 36.6 Å². The third-order valence-electron chi connectivity index (χ3n) is 2.75. The molecule has 1 aromatic carbocycles. The molecule has 2 aromatic rings. The molecule has 19 heavy (non-hydrogen) atoms. The van der Waals surface area contributed by atoms with Crippen molar-refractivity contribution in [1.29, 1.82) is 5.26 Å². The maximum absolute atomic E-state index is 9.30. The molecule has 98 valence electrons. The van der Waals surface area contributed by atoms with Gasteiger partial charge in [0.2, 0.25) is 0 Å². The van der Waals surface area contributed by atoms with Crippen LogP contribution in [0.5, 0.6) is 0 Å². The summed E-state index contributed by atoms with van der Waals surface area (Å²) in [5, 5.41) is 12.7. The predicted molar refractivity (Wildman–Crippen MR) is 84.3 cm³/mol. The van der Waals surface area contributed by atoms with Crippen LogP contribution in [0.4, 0.5) is 5.69 Å².